The number of anilines is 1. The molecule has 148 valence electrons. The summed E-state index contributed by atoms with van der Waals surface area (Å²) >= 11 is 0. The SMILES string of the molecule is O=C(CCN1CCC(NC(=O)C2CC2)CC1)Nc1ccnn1C1CCCC1. The molecule has 2 amide bonds. The van der Waals surface area contributed by atoms with E-state index in [0.717, 1.165) is 64.0 Å². The monoisotopic (exact) mass is 373 g/mol. The molecule has 2 N–H and O–H groups in total. The van der Waals surface area contributed by atoms with Crippen molar-refractivity contribution in [3.8, 4) is 0 Å². The van der Waals surface area contributed by atoms with Gasteiger partial charge in [0.05, 0.1) is 12.2 Å². The van der Waals surface area contributed by atoms with E-state index in [0.29, 0.717) is 18.5 Å². The molecule has 1 aromatic heterocycles. The first kappa shape index (κ1) is 18.5. The third-order valence-corrected chi connectivity index (χ3v) is 6.15. The predicted octanol–water partition coefficient (Wildman–Crippen LogP) is 2.32. The largest absolute Gasteiger partial charge is 0.353 e. The van der Waals surface area contributed by atoms with Gasteiger partial charge < -0.3 is 15.5 Å². The number of hydrogen-bond donors (Lipinski definition) is 2. The van der Waals surface area contributed by atoms with Crippen molar-refractivity contribution in [3.05, 3.63) is 12.3 Å². The van der Waals surface area contributed by atoms with E-state index in [-0.39, 0.29) is 17.7 Å². The maximum atomic E-state index is 12.4. The predicted molar refractivity (Wildman–Crippen MR) is 103 cm³/mol. The quantitative estimate of drug-likeness (QED) is 0.769. The van der Waals surface area contributed by atoms with Crippen molar-refractivity contribution in [1.29, 1.82) is 0 Å². The van der Waals surface area contributed by atoms with E-state index in [1.54, 1.807) is 6.20 Å². The number of nitrogens with one attached hydrogen (secondary N) is 2. The van der Waals surface area contributed by atoms with E-state index >= 15 is 0 Å². The van der Waals surface area contributed by atoms with Crippen LogP contribution in [0.2, 0.25) is 0 Å². The van der Waals surface area contributed by atoms with Gasteiger partial charge in [-0.3, -0.25) is 9.59 Å². The number of hydrogen-bond acceptors (Lipinski definition) is 4. The summed E-state index contributed by atoms with van der Waals surface area (Å²) in [5.41, 5.74) is 0. The third kappa shape index (κ3) is 4.89. The Morgan fingerprint density at radius 2 is 1.81 bits per heavy atom. The number of aromatic nitrogens is 2. The fourth-order valence-electron chi connectivity index (χ4n) is 4.28. The number of rotatable bonds is 7. The van der Waals surface area contributed by atoms with Crippen LogP contribution in [0.1, 0.15) is 63.8 Å². The minimum atomic E-state index is 0.0545. The number of nitrogens with zero attached hydrogens (tertiary/aromatic N) is 3. The Morgan fingerprint density at radius 1 is 1.07 bits per heavy atom. The van der Waals surface area contributed by atoms with Crippen molar-refractivity contribution in [3.63, 3.8) is 0 Å². The maximum absolute atomic E-state index is 12.4. The molecule has 2 saturated carbocycles. The van der Waals surface area contributed by atoms with Crippen molar-refractivity contribution in [1.82, 2.24) is 20.0 Å². The Labute approximate surface area is 160 Å². The van der Waals surface area contributed by atoms with Gasteiger partial charge in [0.15, 0.2) is 0 Å². The van der Waals surface area contributed by atoms with E-state index < -0.39 is 0 Å². The highest BCUT2D eigenvalue weighted by molar-refractivity contribution is 5.89. The molecule has 0 aromatic carbocycles. The lowest BCUT2D eigenvalue weighted by molar-refractivity contribution is -0.123. The number of carbonyl (C=O) groups is 2. The van der Waals surface area contributed by atoms with Crippen LogP contribution < -0.4 is 10.6 Å². The minimum Gasteiger partial charge on any atom is -0.353 e. The topological polar surface area (TPSA) is 79.3 Å². The lowest BCUT2D eigenvalue weighted by Crippen LogP contribution is -2.45. The normalized spacial score (nSPS) is 22.1. The summed E-state index contributed by atoms with van der Waals surface area (Å²) < 4.78 is 1.99. The standard InChI is InChI=1S/C20H31N5O2/c26-19(23-18-7-11-21-25(18)17-3-1-2-4-17)10-14-24-12-8-16(9-13-24)22-20(27)15-5-6-15/h7,11,15-17H,1-6,8-10,12-14H2,(H,22,27)(H,23,26). The second kappa shape index (κ2) is 8.42. The Kier molecular flexibility index (Phi) is 5.76. The van der Waals surface area contributed by atoms with Crippen LogP contribution >= 0.6 is 0 Å². The molecule has 3 aliphatic rings. The molecule has 2 heterocycles. The second-order valence-corrected chi connectivity index (χ2v) is 8.30. The van der Waals surface area contributed by atoms with Crippen LogP contribution in [-0.4, -0.2) is 52.2 Å². The van der Waals surface area contributed by atoms with E-state index in [4.69, 9.17) is 0 Å². The zero-order valence-corrected chi connectivity index (χ0v) is 16.0. The summed E-state index contributed by atoms with van der Waals surface area (Å²) in [5.74, 6) is 1.41. The molecule has 1 saturated heterocycles. The first-order valence-electron chi connectivity index (χ1n) is 10.5. The van der Waals surface area contributed by atoms with Crippen LogP contribution in [0.3, 0.4) is 0 Å². The Morgan fingerprint density at radius 3 is 2.52 bits per heavy atom. The Balaban J connectivity index is 1.17. The van der Waals surface area contributed by atoms with Crippen molar-refractivity contribution >= 4 is 17.6 Å². The van der Waals surface area contributed by atoms with E-state index in [1.807, 2.05) is 10.7 Å². The molecule has 3 fully saturated rings. The van der Waals surface area contributed by atoms with Crippen molar-refractivity contribution in [2.45, 2.75) is 69.9 Å². The molecular weight excluding hydrogens is 342 g/mol. The van der Waals surface area contributed by atoms with Crippen molar-refractivity contribution < 1.29 is 9.59 Å². The van der Waals surface area contributed by atoms with Gasteiger partial charge in [-0.15, -0.1) is 0 Å². The number of piperidine rings is 1. The average molecular weight is 374 g/mol. The van der Waals surface area contributed by atoms with Crippen LogP contribution in [0.25, 0.3) is 0 Å². The molecule has 0 radical (unpaired) electrons. The van der Waals surface area contributed by atoms with Crippen LogP contribution in [0.15, 0.2) is 12.3 Å². The molecule has 0 unspecified atom stereocenters. The van der Waals surface area contributed by atoms with Crippen LogP contribution in [0.5, 0.6) is 0 Å². The molecule has 7 nitrogen and oxygen atoms in total. The first-order valence-corrected chi connectivity index (χ1v) is 10.5. The molecule has 0 spiro atoms. The van der Waals surface area contributed by atoms with Crippen molar-refractivity contribution in [2.24, 2.45) is 5.92 Å². The van der Waals surface area contributed by atoms with Gasteiger partial charge in [0, 0.05) is 44.1 Å². The van der Waals surface area contributed by atoms with Gasteiger partial charge in [0.1, 0.15) is 5.82 Å². The maximum Gasteiger partial charge on any atom is 0.226 e. The molecular formula is C20H31N5O2. The number of amides is 2. The van der Waals surface area contributed by atoms with Crippen LogP contribution in [0.4, 0.5) is 5.82 Å². The van der Waals surface area contributed by atoms with Gasteiger partial charge in [-0.05, 0) is 38.5 Å². The minimum absolute atomic E-state index is 0.0545. The Bertz CT molecular complexity index is 655. The summed E-state index contributed by atoms with van der Waals surface area (Å²) in [4.78, 5) is 26.6. The second-order valence-electron chi connectivity index (χ2n) is 8.30. The fourth-order valence-corrected chi connectivity index (χ4v) is 4.28. The van der Waals surface area contributed by atoms with Crippen molar-refractivity contribution in [2.75, 3.05) is 25.0 Å². The van der Waals surface area contributed by atoms with Gasteiger partial charge >= 0.3 is 0 Å². The third-order valence-electron chi connectivity index (χ3n) is 6.15. The Hall–Kier alpha value is -1.89. The summed E-state index contributed by atoms with van der Waals surface area (Å²) in [5, 5.41) is 10.6. The highest BCUT2D eigenvalue weighted by Crippen LogP contribution is 2.31. The van der Waals surface area contributed by atoms with Gasteiger partial charge in [0.2, 0.25) is 11.8 Å². The smallest absolute Gasteiger partial charge is 0.226 e. The average Bonchev–Trinajstić information content (AvgIpc) is 3.19. The first-order chi connectivity index (χ1) is 13.2. The fraction of sp³-hybridized carbons (Fsp3) is 0.750. The lowest BCUT2D eigenvalue weighted by atomic mass is 10.0. The molecule has 2 aliphatic carbocycles. The van der Waals surface area contributed by atoms with Gasteiger partial charge in [-0.25, -0.2) is 4.68 Å². The highest BCUT2D eigenvalue weighted by Gasteiger charge is 2.31. The van der Waals surface area contributed by atoms with Gasteiger partial charge in [0.25, 0.3) is 0 Å². The van der Waals surface area contributed by atoms with E-state index in [9.17, 15) is 9.59 Å². The van der Waals surface area contributed by atoms with E-state index in [2.05, 4.69) is 20.6 Å². The summed E-state index contributed by atoms with van der Waals surface area (Å²) in [6.45, 7) is 2.67. The van der Waals surface area contributed by atoms with Crippen LogP contribution in [0, 0.1) is 5.92 Å². The molecule has 0 bridgehead atoms. The zero-order chi connectivity index (χ0) is 18.6. The number of likely N-dealkylation sites (tertiary alicyclic amines) is 1. The molecule has 7 heteroatoms. The van der Waals surface area contributed by atoms with Gasteiger partial charge in [-0.2, -0.15) is 5.10 Å². The molecule has 4 rings (SSSR count). The van der Waals surface area contributed by atoms with Crippen LogP contribution in [-0.2, 0) is 9.59 Å². The van der Waals surface area contributed by atoms with Gasteiger partial charge in [-0.1, -0.05) is 12.8 Å². The molecule has 1 aliphatic heterocycles. The lowest BCUT2D eigenvalue weighted by Gasteiger charge is -2.32. The molecule has 1 aromatic rings. The summed E-state index contributed by atoms with van der Waals surface area (Å²) in [6, 6.07) is 2.63. The molecule has 0 atom stereocenters. The zero-order valence-electron chi connectivity index (χ0n) is 16.0. The molecule has 27 heavy (non-hydrogen) atoms. The number of carbonyl (C=O) groups excluding carboxylic acids is 2. The van der Waals surface area contributed by atoms with E-state index in [1.165, 1.54) is 12.8 Å². The highest BCUT2D eigenvalue weighted by atomic mass is 16.2. The summed E-state index contributed by atoms with van der Waals surface area (Å²) in [6.07, 6.45) is 11.1. The summed E-state index contributed by atoms with van der Waals surface area (Å²) in [7, 11) is 0.